The van der Waals surface area contributed by atoms with Gasteiger partial charge in [0.15, 0.2) is 11.5 Å². The highest BCUT2D eigenvalue weighted by Gasteiger charge is 2.35. The molecule has 0 aliphatic carbocycles. The average molecular weight is 454 g/mol. The van der Waals surface area contributed by atoms with Crippen molar-refractivity contribution in [1.82, 2.24) is 14.1 Å². The first kappa shape index (κ1) is 22.3. The molecule has 3 aliphatic heterocycles. The zero-order valence-corrected chi connectivity index (χ0v) is 19.1. The van der Waals surface area contributed by atoms with E-state index in [1.54, 1.807) is 12.1 Å². The van der Waals surface area contributed by atoms with E-state index in [-0.39, 0.29) is 29.1 Å². The van der Waals surface area contributed by atoms with Crippen LogP contribution in [0.3, 0.4) is 0 Å². The van der Waals surface area contributed by atoms with Crippen molar-refractivity contribution in [1.29, 1.82) is 0 Å². The van der Waals surface area contributed by atoms with Crippen molar-refractivity contribution in [2.24, 2.45) is 0 Å². The summed E-state index contributed by atoms with van der Waals surface area (Å²) in [6.45, 7) is 9.58. The third kappa shape index (κ3) is 4.67. The Morgan fingerprint density at radius 1 is 1.00 bits per heavy atom. The van der Waals surface area contributed by atoms with Gasteiger partial charge >= 0.3 is 0 Å². The highest BCUT2D eigenvalue weighted by atomic mass is 32.2. The van der Waals surface area contributed by atoms with Gasteiger partial charge in [0.1, 0.15) is 13.2 Å². The normalized spacial score (nSPS) is 26.5. The first-order chi connectivity index (χ1) is 14.8. The largest absolute Gasteiger partial charge is 0.486 e. The van der Waals surface area contributed by atoms with Crippen molar-refractivity contribution < 1.29 is 27.4 Å². The second-order valence-corrected chi connectivity index (χ2v) is 10.4. The zero-order valence-electron chi connectivity index (χ0n) is 18.3. The van der Waals surface area contributed by atoms with Crippen molar-refractivity contribution in [3.8, 4) is 11.5 Å². The number of piperazine rings is 1. The number of nitrogens with zero attached hydrogens (tertiary/aromatic N) is 3. The Morgan fingerprint density at radius 3 is 2.26 bits per heavy atom. The Hall–Kier alpha value is -1.88. The van der Waals surface area contributed by atoms with E-state index in [2.05, 4.69) is 4.90 Å². The first-order valence-electron chi connectivity index (χ1n) is 10.8. The number of morpholine rings is 1. The van der Waals surface area contributed by atoms with E-state index >= 15 is 0 Å². The third-order valence-electron chi connectivity index (χ3n) is 6.06. The molecule has 10 heteroatoms. The van der Waals surface area contributed by atoms with Gasteiger partial charge in [0.05, 0.1) is 23.1 Å². The number of fused-ring (bicyclic) bond motifs is 1. The molecule has 1 amide bonds. The minimum atomic E-state index is -3.64. The summed E-state index contributed by atoms with van der Waals surface area (Å²) in [6, 6.07) is 4.44. The smallest absolute Gasteiger partial charge is 0.243 e. The number of hydrogen-bond acceptors (Lipinski definition) is 7. The van der Waals surface area contributed by atoms with Gasteiger partial charge in [-0.15, -0.1) is 0 Å². The van der Waals surface area contributed by atoms with E-state index in [9.17, 15) is 13.2 Å². The lowest BCUT2D eigenvalue weighted by Crippen LogP contribution is -2.58. The molecule has 2 saturated heterocycles. The monoisotopic (exact) mass is 453 g/mol. The van der Waals surface area contributed by atoms with Gasteiger partial charge in [-0.3, -0.25) is 9.69 Å². The van der Waals surface area contributed by atoms with Gasteiger partial charge in [-0.05, 0) is 32.9 Å². The van der Waals surface area contributed by atoms with Crippen molar-refractivity contribution >= 4 is 15.9 Å². The van der Waals surface area contributed by atoms with Gasteiger partial charge in [-0.25, -0.2) is 8.42 Å². The fraction of sp³-hybridized carbons (Fsp3) is 0.667. The van der Waals surface area contributed by atoms with Crippen LogP contribution in [0.4, 0.5) is 0 Å². The van der Waals surface area contributed by atoms with Gasteiger partial charge in [-0.2, -0.15) is 4.31 Å². The van der Waals surface area contributed by atoms with Crippen LogP contribution in [0, 0.1) is 0 Å². The number of ether oxygens (including phenoxy) is 3. The number of rotatable bonds is 4. The summed E-state index contributed by atoms with van der Waals surface area (Å²) in [7, 11) is -3.64. The van der Waals surface area contributed by atoms with Crippen LogP contribution in [-0.4, -0.2) is 99.2 Å². The Bertz CT molecular complexity index is 906. The molecular weight excluding hydrogens is 422 g/mol. The number of benzene rings is 1. The Labute approximate surface area is 183 Å². The lowest BCUT2D eigenvalue weighted by Gasteiger charge is -2.41. The quantitative estimate of drug-likeness (QED) is 0.666. The predicted octanol–water partition coefficient (Wildman–Crippen LogP) is 0.788. The summed E-state index contributed by atoms with van der Waals surface area (Å²) in [5.74, 6) is 1.10. The molecule has 0 radical (unpaired) electrons. The van der Waals surface area contributed by atoms with E-state index in [1.165, 1.54) is 10.4 Å². The van der Waals surface area contributed by atoms with E-state index in [4.69, 9.17) is 14.2 Å². The standard InChI is InChI=1S/C21H31N3O6S/c1-15-13-23(14-16(2)30-15)21(25)17(3)22-6-8-24(9-7-22)31(26,27)18-4-5-19-20(12-18)29-11-10-28-19/h4-5,12,15-17H,6-11,13-14H2,1-3H3/t15-,16+,17-/m1/s1. The second kappa shape index (κ2) is 8.93. The molecule has 31 heavy (non-hydrogen) atoms. The van der Waals surface area contributed by atoms with Gasteiger partial charge in [-0.1, -0.05) is 0 Å². The van der Waals surface area contributed by atoms with Crippen LogP contribution in [0.5, 0.6) is 11.5 Å². The molecule has 0 N–H and O–H groups in total. The average Bonchev–Trinajstić information content (AvgIpc) is 2.77. The van der Waals surface area contributed by atoms with Crippen molar-refractivity contribution in [2.75, 3.05) is 52.5 Å². The molecule has 0 aromatic heterocycles. The van der Waals surface area contributed by atoms with E-state index in [0.717, 1.165) is 0 Å². The maximum Gasteiger partial charge on any atom is 0.243 e. The molecule has 0 spiro atoms. The van der Waals surface area contributed by atoms with Crippen LogP contribution in [0.25, 0.3) is 0 Å². The van der Waals surface area contributed by atoms with Crippen LogP contribution in [0.2, 0.25) is 0 Å². The molecule has 3 heterocycles. The van der Waals surface area contributed by atoms with E-state index in [1.807, 2.05) is 25.7 Å². The number of carbonyl (C=O) groups excluding carboxylic acids is 1. The number of sulfonamides is 1. The molecule has 3 aliphatic rings. The number of hydrogen-bond donors (Lipinski definition) is 0. The molecular formula is C21H31N3O6S. The topological polar surface area (TPSA) is 88.6 Å². The maximum absolute atomic E-state index is 13.1. The fourth-order valence-corrected chi connectivity index (χ4v) is 5.88. The second-order valence-electron chi connectivity index (χ2n) is 8.42. The molecule has 2 fully saturated rings. The maximum atomic E-state index is 13.1. The molecule has 0 saturated carbocycles. The van der Waals surface area contributed by atoms with E-state index < -0.39 is 10.0 Å². The minimum Gasteiger partial charge on any atom is -0.486 e. The Balaban J connectivity index is 1.38. The summed E-state index contributed by atoms with van der Waals surface area (Å²) in [6.07, 6.45) is 0.0424. The fourth-order valence-electron chi connectivity index (χ4n) is 4.44. The number of amides is 1. The molecule has 4 rings (SSSR count). The van der Waals surface area contributed by atoms with Gasteiger partial charge in [0.25, 0.3) is 0 Å². The molecule has 1 aromatic rings. The van der Waals surface area contributed by atoms with Gasteiger partial charge in [0, 0.05) is 45.3 Å². The predicted molar refractivity (Wildman–Crippen MR) is 114 cm³/mol. The molecule has 3 atom stereocenters. The van der Waals surface area contributed by atoms with Crippen molar-refractivity contribution in [2.45, 2.75) is 43.9 Å². The minimum absolute atomic E-state index is 0.0212. The van der Waals surface area contributed by atoms with Crippen molar-refractivity contribution in [3.63, 3.8) is 0 Å². The molecule has 0 bridgehead atoms. The number of carbonyl (C=O) groups is 1. The molecule has 1 aromatic carbocycles. The van der Waals surface area contributed by atoms with Crippen LogP contribution in [0.1, 0.15) is 20.8 Å². The zero-order chi connectivity index (χ0) is 22.2. The highest BCUT2D eigenvalue weighted by Crippen LogP contribution is 2.33. The molecule has 172 valence electrons. The molecule has 9 nitrogen and oxygen atoms in total. The van der Waals surface area contributed by atoms with Crippen LogP contribution >= 0.6 is 0 Å². The lowest BCUT2D eigenvalue weighted by molar-refractivity contribution is -0.148. The SMILES string of the molecule is C[C@@H]1CN(C(=O)[C@@H](C)N2CCN(S(=O)(=O)c3ccc4c(c3)OCCO4)CC2)C[C@H](C)O1. The Kier molecular flexibility index (Phi) is 6.43. The summed E-state index contributed by atoms with van der Waals surface area (Å²) in [4.78, 5) is 17.1. The van der Waals surface area contributed by atoms with Gasteiger partial charge in [0.2, 0.25) is 15.9 Å². The third-order valence-corrected chi connectivity index (χ3v) is 7.96. The molecule has 0 unspecified atom stereocenters. The summed E-state index contributed by atoms with van der Waals surface area (Å²) in [5.41, 5.74) is 0. The summed E-state index contributed by atoms with van der Waals surface area (Å²) in [5, 5.41) is 0. The Morgan fingerprint density at radius 2 is 1.61 bits per heavy atom. The summed E-state index contributed by atoms with van der Waals surface area (Å²) < 4.78 is 44.5. The first-order valence-corrected chi connectivity index (χ1v) is 12.3. The highest BCUT2D eigenvalue weighted by molar-refractivity contribution is 7.89. The van der Waals surface area contributed by atoms with Crippen molar-refractivity contribution in [3.05, 3.63) is 18.2 Å². The van der Waals surface area contributed by atoms with Crippen LogP contribution in [-0.2, 0) is 19.6 Å². The summed E-state index contributed by atoms with van der Waals surface area (Å²) >= 11 is 0. The van der Waals surface area contributed by atoms with E-state index in [0.29, 0.717) is 64.0 Å². The van der Waals surface area contributed by atoms with Gasteiger partial charge < -0.3 is 19.1 Å². The lowest BCUT2D eigenvalue weighted by atomic mass is 10.1. The van der Waals surface area contributed by atoms with Crippen LogP contribution < -0.4 is 9.47 Å². The van der Waals surface area contributed by atoms with Crippen LogP contribution in [0.15, 0.2) is 23.1 Å².